The molecule has 0 aliphatic rings. The molecule has 0 saturated carbocycles. The molecule has 4 aromatic rings. The van der Waals surface area contributed by atoms with Crippen molar-refractivity contribution in [3.05, 3.63) is 82.7 Å². The van der Waals surface area contributed by atoms with E-state index in [1.165, 1.54) is 11.1 Å². The minimum atomic E-state index is -0.0572. The number of fused-ring (bicyclic) bond motifs is 1. The van der Waals surface area contributed by atoms with Crippen LogP contribution < -0.4 is 5.32 Å². The normalized spacial score (nSPS) is 10.8. The number of aromatic amines is 1. The molecule has 0 aliphatic heterocycles. The number of benzene rings is 2. The number of carbonyl (C=O) groups is 1. The van der Waals surface area contributed by atoms with Gasteiger partial charge in [-0.25, -0.2) is 0 Å². The van der Waals surface area contributed by atoms with E-state index >= 15 is 0 Å². The van der Waals surface area contributed by atoms with Gasteiger partial charge < -0.3 is 10.3 Å². The quantitative estimate of drug-likeness (QED) is 0.552. The van der Waals surface area contributed by atoms with E-state index in [2.05, 4.69) is 39.3 Å². The molecular formula is C20H16N2OS. The summed E-state index contributed by atoms with van der Waals surface area (Å²) in [7, 11) is 0. The van der Waals surface area contributed by atoms with Crippen molar-refractivity contribution in [3.63, 3.8) is 0 Å². The summed E-state index contributed by atoms with van der Waals surface area (Å²) >= 11 is 1.68. The topological polar surface area (TPSA) is 44.9 Å². The number of H-pyrrole nitrogens is 1. The van der Waals surface area contributed by atoms with Crippen LogP contribution in [0.25, 0.3) is 22.0 Å². The molecule has 2 heterocycles. The molecule has 24 heavy (non-hydrogen) atoms. The number of amides is 1. The van der Waals surface area contributed by atoms with Crippen molar-refractivity contribution < 1.29 is 4.79 Å². The number of hydrogen-bond acceptors (Lipinski definition) is 2. The first-order chi connectivity index (χ1) is 11.8. The van der Waals surface area contributed by atoms with Gasteiger partial charge in [0.1, 0.15) is 0 Å². The molecule has 0 atom stereocenters. The number of thiophene rings is 1. The smallest absolute Gasteiger partial charge is 0.251 e. The Hall–Kier alpha value is -2.85. The molecule has 0 aliphatic carbocycles. The summed E-state index contributed by atoms with van der Waals surface area (Å²) in [6, 6.07) is 17.9. The van der Waals surface area contributed by atoms with Gasteiger partial charge in [0.25, 0.3) is 5.91 Å². The first-order valence-corrected chi connectivity index (χ1v) is 8.71. The van der Waals surface area contributed by atoms with Gasteiger partial charge in [-0.15, -0.1) is 0 Å². The summed E-state index contributed by atoms with van der Waals surface area (Å²) in [4.78, 5) is 15.6. The maximum absolute atomic E-state index is 12.5. The van der Waals surface area contributed by atoms with Crippen LogP contribution in [0, 0.1) is 0 Å². The first kappa shape index (κ1) is 14.7. The Morgan fingerprint density at radius 1 is 1.08 bits per heavy atom. The summed E-state index contributed by atoms with van der Waals surface area (Å²) in [6.07, 6.45) is 1.88. The fourth-order valence-corrected chi connectivity index (χ4v) is 3.50. The minimum absolute atomic E-state index is 0.0572. The Balaban J connectivity index is 1.53. The lowest BCUT2D eigenvalue weighted by Gasteiger charge is -2.10. The first-order valence-electron chi connectivity index (χ1n) is 7.77. The van der Waals surface area contributed by atoms with Gasteiger partial charge in [0.15, 0.2) is 0 Å². The van der Waals surface area contributed by atoms with E-state index in [9.17, 15) is 4.79 Å². The zero-order valence-electron chi connectivity index (χ0n) is 13.0. The number of rotatable bonds is 4. The Kier molecular flexibility index (Phi) is 3.89. The number of nitrogens with one attached hydrogen (secondary N) is 2. The highest BCUT2D eigenvalue weighted by Crippen LogP contribution is 2.25. The minimum Gasteiger partial charge on any atom is -0.361 e. The monoisotopic (exact) mass is 332 g/mol. The van der Waals surface area contributed by atoms with Gasteiger partial charge in [-0.05, 0) is 57.8 Å². The maximum atomic E-state index is 12.5. The molecule has 118 valence electrons. The average Bonchev–Trinajstić information content (AvgIpc) is 3.30. The zero-order chi connectivity index (χ0) is 16.4. The number of aromatic nitrogens is 1. The lowest BCUT2D eigenvalue weighted by molar-refractivity contribution is 0.0951. The molecule has 0 spiro atoms. The molecule has 2 N–H and O–H groups in total. The molecule has 4 rings (SSSR count). The number of hydrogen-bond donors (Lipinski definition) is 2. The van der Waals surface area contributed by atoms with Gasteiger partial charge in [-0.3, -0.25) is 4.79 Å². The van der Waals surface area contributed by atoms with Crippen LogP contribution in [-0.2, 0) is 6.54 Å². The van der Waals surface area contributed by atoms with E-state index in [0.717, 1.165) is 16.5 Å². The van der Waals surface area contributed by atoms with Gasteiger partial charge in [-0.1, -0.05) is 24.3 Å². The summed E-state index contributed by atoms with van der Waals surface area (Å²) in [5, 5.41) is 8.26. The largest absolute Gasteiger partial charge is 0.361 e. The van der Waals surface area contributed by atoms with Crippen LogP contribution in [0.1, 0.15) is 15.9 Å². The van der Waals surface area contributed by atoms with Crippen molar-refractivity contribution in [2.45, 2.75) is 6.54 Å². The van der Waals surface area contributed by atoms with Gasteiger partial charge in [0.05, 0.1) is 0 Å². The van der Waals surface area contributed by atoms with E-state index in [0.29, 0.717) is 12.1 Å². The van der Waals surface area contributed by atoms with Crippen molar-refractivity contribution >= 4 is 28.1 Å². The standard InChI is InChI=1S/C20H16N2OS/c23-20(15-5-6-19-14(11-15)7-9-21-19)22-12-16-3-1-2-4-18(16)17-8-10-24-13-17/h1-11,13,21H,12H2,(H,22,23). The molecule has 0 bridgehead atoms. The third kappa shape index (κ3) is 2.84. The lowest BCUT2D eigenvalue weighted by Crippen LogP contribution is -2.23. The van der Waals surface area contributed by atoms with Crippen LogP contribution in [0.5, 0.6) is 0 Å². The summed E-state index contributed by atoms with van der Waals surface area (Å²) in [6.45, 7) is 0.510. The van der Waals surface area contributed by atoms with Crippen molar-refractivity contribution in [1.82, 2.24) is 10.3 Å². The van der Waals surface area contributed by atoms with E-state index in [1.54, 1.807) is 11.3 Å². The van der Waals surface area contributed by atoms with Crippen LogP contribution in [-0.4, -0.2) is 10.9 Å². The van der Waals surface area contributed by atoms with Crippen molar-refractivity contribution in [1.29, 1.82) is 0 Å². The molecule has 0 radical (unpaired) electrons. The van der Waals surface area contributed by atoms with Crippen molar-refractivity contribution in [2.75, 3.05) is 0 Å². The van der Waals surface area contributed by atoms with Gasteiger partial charge >= 0.3 is 0 Å². The highest BCUT2D eigenvalue weighted by molar-refractivity contribution is 7.08. The Morgan fingerprint density at radius 3 is 2.88 bits per heavy atom. The Bertz CT molecular complexity index is 986. The second-order valence-electron chi connectivity index (χ2n) is 5.63. The third-order valence-corrected chi connectivity index (χ3v) is 4.79. The number of carbonyl (C=O) groups excluding carboxylic acids is 1. The highest BCUT2D eigenvalue weighted by Gasteiger charge is 2.09. The molecule has 4 heteroatoms. The molecule has 3 nitrogen and oxygen atoms in total. The predicted octanol–water partition coefficient (Wildman–Crippen LogP) is 4.83. The highest BCUT2D eigenvalue weighted by atomic mass is 32.1. The summed E-state index contributed by atoms with van der Waals surface area (Å²) in [5.74, 6) is -0.0572. The summed E-state index contributed by atoms with van der Waals surface area (Å²) < 4.78 is 0. The van der Waals surface area contributed by atoms with Gasteiger partial charge in [0.2, 0.25) is 0 Å². The van der Waals surface area contributed by atoms with Crippen molar-refractivity contribution in [2.24, 2.45) is 0 Å². The predicted molar refractivity (Wildman–Crippen MR) is 99.2 cm³/mol. The fourth-order valence-electron chi connectivity index (χ4n) is 2.85. The van der Waals surface area contributed by atoms with E-state index in [1.807, 2.05) is 42.6 Å². The van der Waals surface area contributed by atoms with Crippen LogP contribution in [0.3, 0.4) is 0 Å². The SMILES string of the molecule is O=C(NCc1ccccc1-c1ccsc1)c1ccc2[nH]ccc2c1. The average molecular weight is 332 g/mol. The molecule has 2 aromatic heterocycles. The molecule has 0 fully saturated rings. The van der Waals surface area contributed by atoms with E-state index < -0.39 is 0 Å². The van der Waals surface area contributed by atoms with Crippen LogP contribution in [0.4, 0.5) is 0 Å². The lowest BCUT2D eigenvalue weighted by atomic mass is 10.0. The second kappa shape index (κ2) is 6.34. The molecule has 2 aromatic carbocycles. The second-order valence-corrected chi connectivity index (χ2v) is 6.41. The van der Waals surface area contributed by atoms with Crippen LogP contribution >= 0.6 is 11.3 Å². The Labute approximate surface area is 144 Å². The van der Waals surface area contributed by atoms with Crippen LogP contribution in [0.15, 0.2) is 71.6 Å². The van der Waals surface area contributed by atoms with Gasteiger partial charge in [-0.2, -0.15) is 11.3 Å². The van der Waals surface area contributed by atoms with E-state index in [4.69, 9.17) is 0 Å². The third-order valence-electron chi connectivity index (χ3n) is 4.10. The summed E-state index contributed by atoms with van der Waals surface area (Å²) in [5.41, 5.74) is 5.19. The van der Waals surface area contributed by atoms with E-state index in [-0.39, 0.29) is 5.91 Å². The zero-order valence-corrected chi connectivity index (χ0v) is 13.8. The molecule has 0 unspecified atom stereocenters. The maximum Gasteiger partial charge on any atom is 0.251 e. The Morgan fingerprint density at radius 2 is 2.00 bits per heavy atom. The van der Waals surface area contributed by atoms with Crippen molar-refractivity contribution in [3.8, 4) is 11.1 Å². The van der Waals surface area contributed by atoms with Crippen LogP contribution in [0.2, 0.25) is 0 Å². The molecule has 0 saturated heterocycles. The van der Waals surface area contributed by atoms with Gasteiger partial charge in [0, 0.05) is 29.2 Å². The molecular weight excluding hydrogens is 316 g/mol. The molecule has 1 amide bonds. The fraction of sp³-hybridized carbons (Fsp3) is 0.0500.